The van der Waals surface area contributed by atoms with Crippen molar-refractivity contribution >= 4 is 12.0 Å². The molecule has 1 aromatic heterocycles. The molecule has 0 spiro atoms. The fourth-order valence-electron chi connectivity index (χ4n) is 3.35. The number of phenols is 1. The summed E-state index contributed by atoms with van der Waals surface area (Å²) in [6.07, 6.45) is 7.91. The number of phenolic OH excluding ortho intramolecular Hbond substituents is 1. The molecule has 1 amide bonds. The van der Waals surface area contributed by atoms with Gasteiger partial charge in [-0.3, -0.25) is 9.69 Å². The highest BCUT2D eigenvalue weighted by atomic mass is 16.5. The molecule has 1 aliphatic heterocycles. The number of carbonyl (C=O) groups is 1. The van der Waals surface area contributed by atoms with Gasteiger partial charge in [0, 0.05) is 19.6 Å². The molecule has 0 saturated carbocycles. The van der Waals surface area contributed by atoms with Crippen molar-refractivity contribution in [3.05, 3.63) is 54.0 Å². The number of hydrogen-bond donors (Lipinski definition) is 2. The van der Waals surface area contributed by atoms with Crippen molar-refractivity contribution in [2.75, 3.05) is 33.3 Å². The third-order valence-electron chi connectivity index (χ3n) is 4.78. The second-order valence-electron chi connectivity index (χ2n) is 6.79. The minimum atomic E-state index is -0.154. The van der Waals surface area contributed by atoms with Crippen LogP contribution in [0.2, 0.25) is 0 Å². The van der Waals surface area contributed by atoms with Crippen LogP contribution in [0.5, 0.6) is 11.5 Å². The first-order valence-electron chi connectivity index (χ1n) is 9.23. The molecule has 0 aliphatic carbocycles. The number of piperidine rings is 1. The van der Waals surface area contributed by atoms with Crippen molar-refractivity contribution in [1.82, 2.24) is 10.2 Å². The van der Waals surface area contributed by atoms with Gasteiger partial charge in [-0.1, -0.05) is 18.2 Å². The number of nitrogens with one attached hydrogen (secondary N) is 1. The Morgan fingerprint density at radius 1 is 1.44 bits per heavy atom. The highest BCUT2D eigenvalue weighted by Gasteiger charge is 2.20. The fraction of sp³-hybridized carbons (Fsp3) is 0.381. The van der Waals surface area contributed by atoms with Crippen molar-refractivity contribution in [1.29, 1.82) is 0 Å². The summed E-state index contributed by atoms with van der Waals surface area (Å²) in [6.45, 7) is 3.54. The van der Waals surface area contributed by atoms with Crippen LogP contribution in [0, 0.1) is 5.92 Å². The first kappa shape index (κ1) is 19.0. The van der Waals surface area contributed by atoms with Crippen LogP contribution in [0.3, 0.4) is 0 Å². The smallest absolute Gasteiger partial charge is 0.286 e. The number of furan rings is 1. The number of likely N-dealkylation sites (tertiary alicyclic amines) is 1. The lowest BCUT2D eigenvalue weighted by molar-refractivity contribution is 0.0907. The average Bonchev–Trinajstić information content (AvgIpc) is 3.23. The summed E-state index contributed by atoms with van der Waals surface area (Å²) in [5, 5.41) is 12.6. The van der Waals surface area contributed by atoms with E-state index in [9.17, 15) is 9.90 Å². The Bertz CT molecular complexity index is 770. The number of nitrogens with zero attached hydrogens (tertiary/aromatic N) is 1. The van der Waals surface area contributed by atoms with E-state index >= 15 is 0 Å². The number of benzene rings is 1. The zero-order valence-corrected chi connectivity index (χ0v) is 15.6. The van der Waals surface area contributed by atoms with Crippen LogP contribution in [0.4, 0.5) is 0 Å². The standard InChI is InChI=1S/C21H26N2O4/c1-26-20-13-16(8-9-18(20)24)5-2-10-23-11-3-6-17(15-23)14-22-21(25)19-7-4-12-27-19/h2,4-5,7-9,12-13,17,24H,3,6,10-11,14-15H2,1H3,(H,22,25)/b5-2+/t17-/m1/s1. The molecule has 2 N–H and O–H groups in total. The molecule has 3 rings (SSSR count). The molecule has 2 aromatic rings. The lowest BCUT2D eigenvalue weighted by atomic mass is 9.98. The molecule has 2 heterocycles. The molecule has 1 atom stereocenters. The third-order valence-corrected chi connectivity index (χ3v) is 4.78. The van der Waals surface area contributed by atoms with Crippen LogP contribution in [0.25, 0.3) is 6.08 Å². The van der Waals surface area contributed by atoms with Crippen LogP contribution >= 0.6 is 0 Å². The van der Waals surface area contributed by atoms with Gasteiger partial charge in [0.1, 0.15) is 0 Å². The normalized spacial score (nSPS) is 17.9. The monoisotopic (exact) mass is 370 g/mol. The molecule has 1 aromatic carbocycles. The maximum absolute atomic E-state index is 12.0. The Labute approximate surface area is 159 Å². The number of carbonyl (C=O) groups excluding carboxylic acids is 1. The minimum Gasteiger partial charge on any atom is -0.504 e. The molecule has 0 bridgehead atoms. The molecule has 27 heavy (non-hydrogen) atoms. The molecular formula is C21H26N2O4. The summed E-state index contributed by atoms with van der Waals surface area (Å²) in [5.74, 6) is 1.26. The Morgan fingerprint density at radius 3 is 3.11 bits per heavy atom. The zero-order valence-electron chi connectivity index (χ0n) is 15.6. The van der Waals surface area contributed by atoms with Crippen molar-refractivity contribution in [2.24, 2.45) is 5.92 Å². The van der Waals surface area contributed by atoms with E-state index in [4.69, 9.17) is 9.15 Å². The Kier molecular flexibility index (Phi) is 6.54. The number of aromatic hydroxyl groups is 1. The summed E-state index contributed by atoms with van der Waals surface area (Å²) in [4.78, 5) is 14.4. The third kappa shape index (κ3) is 5.37. The van der Waals surface area contributed by atoms with Gasteiger partial charge in [-0.15, -0.1) is 0 Å². The number of hydrogen-bond acceptors (Lipinski definition) is 5. The van der Waals surface area contributed by atoms with Gasteiger partial charge < -0.3 is 19.6 Å². The zero-order chi connectivity index (χ0) is 19.1. The lowest BCUT2D eigenvalue weighted by Crippen LogP contribution is -2.40. The predicted octanol–water partition coefficient (Wildman–Crippen LogP) is 3.15. The fourth-order valence-corrected chi connectivity index (χ4v) is 3.35. The van der Waals surface area contributed by atoms with Gasteiger partial charge >= 0.3 is 0 Å². The van der Waals surface area contributed by atoms with Crippen molar-refractivity contribution in [3.8, 4) is 11.5 Å². The van der Waals surface area contributed by atoms with Gasteiger partial charge in [-0.25, -0.2) is 0 Å². The maximum atomic E-state index is 12.0. The van der Waals surface area contributed by atoms with Crippen LogP contribution in [-0.2, 0) is 0 Å². The number of ether oxygens (including phenoxy) is 1. The van der Waals surface area contributed by atoms with Gasteiger partial charge in [-0.05, 0) is 55.1 Å². The van der Waals surface area contributed by atoms with E-state index in [-0.39, 0.29) is 11.7 Å². The largest absolute Gasteiger partial charge is 0.504 e. The first-order valence-corrected chi connectivity index (χ1v) is 9.23. The lowest BCUT2D eigenvalue weighted by Gasteiger charge is -2.32. The van der Waals surface area contributed by atoms with Crippen molar-refractivity contribution in [3.63, 3.8) is 0 Å². The van der Waals surface area contributed by atoms with Crippen molar-refractivity contribution in [2.45, 2.75) is 12.8 Å². The van der Waals surface area contributed by atoms with Crippen molar-refractivity contribution < 1.29 is 19.1 Å². The quantitative estimate of drug-likeness (QED) is 0.783. The molecule has 144 valence electrons. The van der Waals surface area contributed by atoms with E-state index in [2.05, 4.69) is 16.3 Å². The molecule has 0 radical (unpaired) electrons. The predicted molar refractivity (Wildman–Crippen MR) is 104 cm³/mol. The Balaban J connectivity index is 1.46. The molecule has 1 saturated heterocycles. The Hall–Kier alpha value is -2.73. The number of amides is 1. The minimum absolute atomic E-state index is 0.144. The molecule has 6 heteroatoms. The van der Waals surface area contributed by atoms with Gasteiger partial charge in [-0.2, -0.15) is 0 Å². The first-order chi connectivity index (χ1) is 13.2. The average molecular weight is 370 g/mol. The number of methoxy groups -OCH3 is 1. The van der Waals surface area contributed by atoms with E-state index in [1.165, 1.54) is 6.26 Å². The summed E-state index contributed by atoms with van der Waals surface area (Å²) in [7, 11) is 1.54. The topological polar surface area (TPSA) is 74.9 Å². The summed E-state index contributed by atoms with van der Waals surface area (Å²) >= 11 is 0. The molecular weight excluding hydrogens is 344 g/mol. The van der Waals surface area contributed by atoms with Crippen LogP contribution in [0.15, 0.2) is 47.1 Å². The van der Waals surface area contributed by atoms with E-state index < -0.39 is 0 Å². The highest BCUT2D eigenvalue weighted by Crippen LogP contribution is 2.26. The highest BCUT2D eigenvalue weighted by molar-refractivity contribution is 5.91. The van der Waals surface area contributed by atoms with E-state index in [0.717, 1.165) is 38.0 Å². The van der Waals surface area contributed by atoms with Crippen LogP contribution in [0.1, 0.15) is 29.0 Å². The molecule has 1 fully saturated rings. The molecule has 1 aliphatic rings. The van der Waals surface area contributed by atoms with E-state index in [1.807, 2.05) is 18.2 Å². The van der Waals surface area contributed by atoms with E-state index in [0.29, 0.717) is 24.0 Å². The summed E-state index contributed by atoms with van der Waals surface area (Å²) in [6, 6.07) is 8.70. The SMILES string of the molecule is COc1cc(/C=C/CN2CCC[C@H](CNC(=O)c3ccco3)C2)ccc1O. The maximum Gasteiger partial charge on any atom is 0.286 e. The number of rotatable bonds is 7. The van der Waals surface area contributed by atoms with Gasteiger partial charge in [0.25, 0.3) is 5.91 Å². The Morgan fingerprint density at radius 2 is 2.33 bits per heavy atom. The van der Waals surface area contributed by atoms with Gasteiger partial charge in [0.15, 0.2) is 17.3 Å². The van der Waals surface area contributed by atoms with Crippen LogP contribution < -0.4 is 10.1 Å². The van der Waals surface area contributed by atoms with Crippen LogP contribution in [-0.4, -0.2) is 49.2 Å². The molecule has 0 unspecified atom stereocenters. The van der Waals surface area contributed by atoms with E-state index in [1.54, 1.807) is 25.3 Å². The summed E-state index contributed by atoms with van der Waals surface area (Å²) in [5.41, 5.74) is 0.990. The van der Waals surface area contributed by atoms with Gasteiger partial charge in [0.2, 0.25) is 0 Å². The van der Waals surface area contributed by atoms with Gasteiger partial charge in [0.05, 0.1) is 13.4 Å². The summed E-state index contributed by atoms with van der Waals surface area (Å²) < 4.78 is 10.3. The second kappa shape index (κ2) is 9.28. The second-order valence-corrected chi connectivity index (χ2v) is 6.79. The molecule has 6 nitrogen and oxygen atoms in total.